The molecule has 0 bridgehead atoms. The number of hydrogen-bond donors (Lipinski definition) is 1. The molecule has 1 spiro atoms. The van der Waals surface area contributed by atoms with Gasteiger partial charge in [-0.15, -0.1) is 0 Å². The molecule has 1 N–H and O–H groups in total. The third-order valence-electron chi connectivity index (χ3n) is 4.13. The number of benzene rings is 1. The van der Waals surface area contributed by atoms with Crippen LogP contribution >= 0.6 is 0 Å². The number of nitrogens with zero attached hydrogens (tertiary/aromatic N) is 1. The van der Waals surface area contributed by atoms with Gasteiger partial charge in [0.05, 0.1) is 0 Å². The second kappa shape index (κ2) is 4.35. The minimum Gasteiger partial charge on any atom is -0.338 e. The van der Waals surface area contributed by atoms with E-state index in [9.17, 15) is 9.18 Å². The first kappa shape index (κ1) is 11.7. The van der Waals surface area contributed by atoms with E-state index < -0.39 is 0 Å². The lowest BCUT2D eigenvalue weighted by molar-refractivity contribution is 0.0775. The first-order chi connectivity index (χ1) is 8.69. The van der Waals surface area contributed by atoms with Crippen LogP contribution in [0.2, 0.25) is 0 Å². The number of nitrogens with one attached hydrogen (secondary N) is 1. The summed E-state index contributed by atoms with van der Waals surface area (Å²) in [6.45, 7) is 3.63. The molecule has 1 aromatic carbocycles. The molecule has 0 radical (unpaired) electrons. The highest BCUT2D eigenvalue weighted by molar-refractivity contribution is 5.94. The third kappa shape index (κ3) is 2.01. The third-order valence-corrected chi connectivity index (χ3v) is 4.13. The molecule has 0 saturated carbocycles. The van der Waals surface area contributed by atoms with Crippen molar-refractivity contribution in [2.75, 3.05) is 26.2 Å². The molecule has 1 amide bonds. The molecular formula is C14H17FN2O. The van der Waals surface area contributed by atoms with Gasteiger partial charge in [0, 0.05) is 30.6 Å². The van der Waals surface area contributed by atoms with Crippen LogP contribution in [0, 0.1) is 11.2 Å². The van der Waals surface area contributed by atoms with E-state index in [0.717, 1.165) is 39.0 Å². The highest BCUT2D eigenvalue weighted by Gasteiger charge is 2.41. The Kier molecular flexibility index (Phi) is 2.82. The molecule has 0 aliphatic carbocycles. The number of hydrogen-bond acceptors (Lipinski definition) is 2. The van der Waals surface area contributed by atoms with Crippen molar-refractivity contribution in [3.63, 3.8) is 0 Å². The molecule has 96 valence electrons. The van der Waals surface area contributed by atoms with Crippen molar-refractivity contribution in [2.24, 2.45) is 5.41 Å². The second-order valence-electron chi connectivity index (χ2n) is 5.41. The molecule has 4 heteroatoms. The lowest BCUT2D eigenvalue weighted by Gasteiger charge is -2.22. The average molecular weight is 248 g/mol. The summed E-state index contributed by atoms with van der Waals surface area (Å²) in [5.74, 6) is -0.393. The number of halogens is 1. The molecule has 2 saturated heterocycles. The summed E-state index contributed by atoms with van der Waals surface area (Å²) in [6.07, 6.45) is 2.20. The van der Waals surface area contributed by atoms with E-state index in [1.54, 1.807) is 12.1 Å². The van der Waals surface area contributed by atoms with E-state index in [-0.39, 0.29) is 17.1 Å². The first-order valence-electron chi connectivity index (χ1n) is 6.44. The Morgan fingerprint density at radius 1 is 1.39 bits per heavy atom. The van der Waals surface area contributed by atoms with Crippen LogP contribution in [0.3, 0.4) is 0 Å². The molecule has 2 fully saturated rings. The van der Waals surface area contributed by atoms with Gasteiger partial charge in [0.15, 0.2) is 0 Å². The molecule has 3 nitrogen and oxygen atoms in total. The Morgan fingerprint density at radius 3 is 3.00 bits per heavy atom. The van der Waals surface area contributed by atoms with Crippen LogP contribution in [0.4, 0.5) is 4.39 Å². The Labute approximate surface area is 106 Å². The zero-order valence-corrected chi connectivity index (χ0v) is 10.3. The van der Waals surface area contributed by atoms with Gasteiger partial charge < -0.3 is 10.2 Å². The van der Waals surface area contributed by atoms with Gasteiger partial charge in [0.25, 0.3) is 5.91 Å². The standard InChI is InChI=1S/C14H17FN2O/c15-12-3-1-2-11(8-12)13(18)17-7-5-14(10-17)4-6-16-9-14/h1-3,8,16H,4-7,9-10H2/t14-/m1/s1. The molecule has 0 aromatic heterocycles. The lowest BCUT2D eigenvalue weighted by Crippen LogP contribution is -2.33. The van der Waals surface area contributed by atoms with Crippen LogP contribution in [0.1, 0.15) is 23.2 Å². The number of carbonyl (C=O) groups excluding carboxylic acids is 1. The topological polar surface area (TPSA) is 32.3 Å². The first-order valence-corrected chi connectivity index (χ1v) is 6.44. The molecule has 2 aliphatic heterocycles. The Hall–Kier alpha value is -1.42. The zero-order valence-electron chi connectivity index (χ0n) is 10.3. The van der Waals surface area contributed by atoms with Gasteiger partial charge in [0.1, 0.15) is 5.82 Å². The molecule has 3 rings (SSSR count). The monoisotopic (exact) mass is 248 g/mol. The summed E-state index contributed by atoms with van der Waals surface area (Å²) in [7, 11) is 0. The summed E-state index contributed by atoms with van der Waals surface area (Å²) < 4.78 is 13.1. The minimum absolute atomic E-state index is 0.0433. The highest BCUT2D eigenvalue weighted by atomic mass is 19.1. The van der Waals surface area contributed by atoms with Crippen LogP contribution in [0.25, 0.3) is 0 Å². The van der Waals surface area contributed by atoms with E-state index in [1.807, 2.05) is 4.90 Å². The number of amides is 1. The normalized spacial score (nSPS) is 27.1. The predicted molar refractivity (Wildman–Crippen MR) is 66.8 cm³/mol. The summed E-state index contributed by atoms with van der Waals surface area (Å²) in [5, 5.41) is 3.37. The van der Waals surface area contributed by atoms with Crippen LogP contribution < -0.4 is 5.32 Å². The van der Waals surface area contributed by atoms with Crippen molar-refractivity contribution < 1.29 is 9.18 Å². The van der Waals surface area contributed by atoms with E-state index in [0.29, 0.717) is 5.56 Å². The van der Waals surface area contributed by atoms with Crippen LogP contribution in [0.5, 0.6) is 0 Å². The summed E-state index contributed by atoms with van der Waals surface area (Å²) in [6, 6.07) is 5.96. The van der Waals surface area contributed by atoms with Gasteiger partial charge in [-0.1, -0.05) is 6.07 Å². The molecule has 0 unspecified atom stereocenters. The molecule has 2 aliphatic rings. The van der Waals surface area contributed by atoms with E-state index in [4.69, 9.17) is 0 Å². The van der Waals surface area contributed by atoms with E-state index in [2.05, 4.69) is 5.32 Å². The van der Waals surface area contributed by atoms with Crippen molar-refractivity contribution in [1.29, 1.82) is 0 Å². The van der Waals surface area contributed by atoms with Gasteiger partial charge in [0.2, 0.25) is 0 Å². The van der Waals surface area contributed by atoms with Crippen LogP contribution in [0.15, 0.2) is 24.3 Å². The van der Waals surface area contributed by atoms with Crippen LogP contribution in [-0.4, -0.2) is 37.0 Å². The quantitative estimate of drug-likeness (QED) is 0.819. The van der Waals surface area contributed by atoms with Crippen molar-refractivity contribution >= 4 is 5.91 Å². The van der Waals surface area contributed by atoms with Crippen LogP contribution in [-0.2, 0) is 0 Å². The largest absolute Gasteiger partial charge is 0.338 e. The summed E-state index contributed by atoms with van der Waals surface area (Å²) >= 11 is 0. The Morgan fingerprint density at radius 2 is 2.28 bits per heavy atom. The zero-order chi connectivity index (χ0) is 12.6. The van der Waals surface area contributed by atoms with Gasteiger partial charge in [-0.2, -0.15) is 0 Å². The molecular weight excluding hydrogens is 231 g/mol. The second-order valence-corrected chi connectivity index (χ2v) is 5.41. The maximum atomic E-state index is 13.1. The van der Waals surface area contributed by atoms with Crippen molar-refractivity contribution in [2.45, 2.75) is 12.8 Å². The number of likely N-dealkylation sites (tertiary alicyclic amines) is 1. The van der Waals surface area contributed by atoms with Gasteiger partial charge in [-0.05, 0) is 37.6 Å². The average Bonchev–Trinajstić information content (AvgIpc) is 3.00. The van der Waals surface area contributed by atoms with Gasteiger partial charge >= 0.3 is 0 Å². The fourth-order valence-corrected chi connectivity index (χ4v) is 3.06. The van der Waals surface area contributed by atoms with E-state index in [1.165, 1.54) is 12.1 Å². The molecule has 2 heterocycles. The molecule has 1 atom stereocenters. The number of rotatable bonds is 1. The fraction of sp³-hybridized carbons (Fsp3) is 0.500. The highest BCUT2D eigenvalue weighted by Crippen LogP contribution is 2.36. The Bertz CT molecular complexity index is 469. The van der Waals surface area contributed by atoms with E-state index >= 15 is 0 Å². The lowest BCUT2D eigenvalue weighted by atomic mass is 9.86. The Balaban J connectivity index is 1.74. The van der Waals surface area contributed by atoms with Gasteiger partial charge in [-0.25, -0.2) is 4.39 Å². The molecule has 18 heavy (non-hydrogen) atoms. The maximum absolute atomic E-state index is 13.1. The van der Waals surface area contributed by atoms with Gasteiger partial charge in [-0.3, -0.25) is 4.79 Å². The van der Waals surface area contributed by atoms with Crippen molar-refractivity contribution in [3.8, 4) is 0 Å². The minimum atomic E-state index is -0.350. The number of carbonyl (C=O) groups is 1. The summed E-state index contributed by atoms with van der Waals surface area (Å²) in [4.78, 5) is 14.1. The SMILES string of the molecule is O=C(c1cccc(F)c1)N1CC[C@@]2(CCNC2)C1. The smallest absolute Gasteiger partial charge is 0.253 e. The molecule has 1 aromatic rings. The van der Waals surface area contributed by atoms with Crippen molar-refractivity contribution in [1.82, 2.24) is 10.2 Å². The maximum Gasteiger partial charge on any atom is 0.253 e. The fourth-order valence-electron chi connectivity index (χ4n) is 3.06. The predicted octanol–water partition coefficient (Wildman–Crippen LogP) is 1.65. The van der Waals surface area contributed by atoms with Crippen molar-refractivity contribution in [3.05, 3.63) is 35.6 Å². The summed E-state index contributed by atoms with van der Waals surface area (Å²) in [5.41, 5.74) is 0.723.